The zero-order valence-corrected chi connectivity index (χ0v) is 17.1. The maximum Gasteiger partial charge on any atom is 0.244 e. The summed E-state index contributed by atoms with van der Waals surface area (Å²) in [4.78, 5) is 26.2. The minimum atomic E-state index is -0.343. The predicted octanol–water partition coefficient (Wildman–Crippen LogP) is 3.32. The highest BCUT2D eigenvalue weighted by molar-refractivity contribution is 6.02. The molecule has 7 heteroatoms. The van der Waals surface area contributed by atoms with Crippen LogP contribution in [0.1, 0.15) is 18.1 Å². The number of methoxy groups -OCH3 is 3. The number of carbonyl (C=O) groups is 2. The van der Waals surface area contributed by atoms with E-state index in [0.717, 1.165) is 11.1 Å². The fourth-order valence-electron chi connectivity index (χ4n) is 2.97. The number of nitrogens with zero attached hydrogens (tertiary/aromatic N) is 1. The number of hydrogen-bond acceptors (Lipinski definition) is 5. The molecule has 0 saturated heterocycles. The van der Waals surface area contributed by atoms with Gasteiger partial charge in [-0.15, -0.1) is 0 Å². The van der Waals surface area contributed by atoms with Gasteiger partial charge in [0.15, 0.2) is 11.5 Å². The van der Waals surface area contributed by atoms with Crippen LogP contribution < -0.4 is 24.4 Å². The zero-order valence-electron chi connectivity index (χ0n) is 17.1. The Kier molecular flexibility index (Phi) is 6.87. The molecule has 0 aliphatic heterocycles. The molecule has 0 aliphatic rings. The monoisotopic (exact) mass is 386 g/mol. The molecule has 2 rings (SSSR count). The third kappa shape index (κ3) is 4.73. The Morgan fingerprint density at radius 3 is 2.04 bits per heavy atom. The second-order valence-electron chi connectivity index (χ2n) is 6.36. The normalized spacial score (nSPS) is 10.2. The van der Waals surface area contributed by atoms with Gasteiger partial charge < -0.3 is 24.4 Å². The summed E-state index contributed by atoms with van der Waals surface area (Å²) in [5, 5.41) is 2.78. The van der Waals surface area contributed by atoms with E-state index in [1.165, 1.54) is 33.2 Å². The summed E-state index contributed by atoms with van der Waals surface area (Å²) in [5.41, 5.74) is 3.20. The molecule has 0 fully saturated rings. The van der Waals surface area contributed by atoms with E-state index >= 15 is 0 Å². The topological polar surface area (TPSA) is 77.1 Å². The van der Waals surface area contributed by atoms with Crippen LogP contribution in [0.4, 0.5) is 11.4 Å². The molecule has 0 unspecified atom stereocenters. The Hall–Kier alpha value is -3.22. The number of benzene rings is 2. The average Bonchev–Trinajstić information content (AvgIpc) is 2.65. The lowest BCUT2D eigenvalue weighted by Gasteiger charge is -2.23. The molecule has 0 atom stereocenters. The number of ether oxygens (including phenoxy) is 3. The summed E-state index contributed by atoms with van der Waals surface area (Å²) < 4.78 is 15.9. The van der Waals surface area contributed by atoms with Crippen molar-refractivity contribution in [1.82, 2.24) is 0 Å². The van der Waals surface area contributed by atoms with Crippen molar-refractivity contribution in [1.29, 1.82) is 0 Å². The van der Waals surface area contributed by atoms with Gasteiger partial charge in [0, 0.05) is 30.4 Å². The van der Waals surface area contributed by atoms with Crippen molar-refractivity contribution in [2.75, 3.05) is 38.1 Å². The Morgan fingerprint density at radius 2 is 1.57 bits per heavy atom. The second-order valence-corrected chi connectivity index (χ2v) is 6.36. The van der Waals surface area contributed by atoms with Crippen LogP contribution in [-0.4, -0.2) is 39.7 Å². The molecule has 2 aromatic rings. The SMILES string of the molecule is COc1cc(NC(=O)CN(C(C)=O)c2ccc(C)cc2C)cc(OC)c1OC. The summed E-state index contributed by atoms with van der Waals surface area (Å²) in [5.74, 6) is 0.727. The van der Waals surface area contributed by atoms with Crippen LogP contribution in [0, 0.1) is 13.8 Å². The molecule has 1 N–H and O–H groups in total. The smallest absolute Gasteiger partial charge is 0.244 e. The van der Waals surface area contributed by atoms with Gasteiger partial charge >= 0.3 is 0 Å². The maximum atomic E-state index is 12.6. The number of aryl methyl sites for hydroxylation is 2. The van der Waals surface area contributed by atoms with E-state index in [2.05, 4.69) is 5.32 Å². The lowest BCUT2D eigenvalue weighted by molar-refractivity contribution is -0.120. The summed E-state index contributed by atoms with van der Waals surface area (Å²) in [7, 11) is 4.51. The van der Waals surface area contributed by atoms with E-state index < -0.39 is 0 Å². The fraction of sp³-hybridized carbons (Fsp3) is 0.333. The Balaban J connectivity index is 2.25. The molecule has 7 nitrogen and oxygen atoms in total. The van der Waals surface area contributed by atoms with Gasteiger partial charge in [-0.05, 0) is 25.5 Å². The summed E-state index contributed by atoms with van der Waals surface area (Å²) in [6, 6.07) is 9.00. The molecular formula is C21H26N2O5. The number of anilines is 2. The molecule has 0 radical (unpaired) electrons. The van der Waals surface area contributed by atoms with Crippen LogP contribution in [-0.2, 0) is 9.59 Å². The molecule has 0 spiro atoms. The van der Waals surface area contributed by atoms with Crippen LogP contribution in [0.3, 0.4) is 0 Å². The van der Waals surface area contributed by atoms with Crippen LogP contribution >= 0.6 is 0 Å². The van der Waals surface area contributed by atoms with Crippen LogP contribution in [0.15, 0.2) is 30.3 Å². The Labute approximate surface area is 165 Å². The molecule has 0 heterocycles. The van der Waals surface area contributed by atoms with E-state index in [1.807, 2.05) is 32.0 Å². The minimum Gasteiger partial charge on any atom is -0.493 e. The number of carbonyl (C=O) groups excluding carboxylic acids is 2. The molecule has 0 saturated carbocycles. The molecule has 28 heavy (non-hydrogen) atoms. The first-order valence-corrected chi connectivity index (χ1v) is 8.76. The van der Waals surface area contributed by atoms with E-state index in [-0.39, 0.29) is 18.4 Å². The van der Waals surface area contributed by atoms with Gasteiger partial charge in [0.2, 0.25) is 17.6 Å². The summed E-state index contributed by atoms with van der Waals surface area (Å²) in [6.45, 7) is 5.21. The van der Waals surface area contributed by atoms with Crippen LogP contribution in [0.5, 0.6) is 17.2 Å². The molecular weight excluding hydrogens is 360 g/mol. The molecule has 0 aliphatic carbocycles. The van der Waals surface area contributed by atoms with Gasteiger partial charge in [-0.1, -0.05) is 17.7 Å². The lowest BCUT2D eigenvalue weighted by Crippen LogP contribution is -2.37. The van der Waals surface area contributed by atoms with E-state index in [4.69, 9.17) is 14.2 Å². The fourth-order valence-corrected chi connectivity index (χ4v) is 2.97. The van der Waals surface area contributed by atoms with E-state index in [1.54, 1.807) is 12.1 Å². The van der Waals surface area contributed by atoms with Crippen molar-refractivity contribution in [3.63, 3.8) is 0 Å². The molecule has 2 aromatic carbocycles. The predicted molar refractivity (Wildman–Crippen MR) is 109 cm³/mol. The highest BCUT2D eigenvalue weighted by atomic mass is 16.5. The largest absolute Gasteiger partial charge is 0.493 e. The van der Waals surface area contributed by atoms with Crippen LogP contribution in [0.25, 0.3) is 0 Å². The highest BCUT2D eigenvalue weighted by Gasteiger charge is 2.19. The van der Waals surface area contributed by atoms with E-state index in [9.17, 15) is 9.59 Å². The summed E-state index contributed by atoms with van der Waals surface area (Å²) >= 11 is 0. The van der Waals surface area contributed by atoms with Crippen molar-refractivity contribution in [2.45, 2.75) is 20.8 Å². The van der Waals surface area contributed by atoms with Gasteiger partial charge in [0.05, 0.1) is 21.3 Å². The first-order valence-electron chi connectivity index (χ1n) is 8.76. The lowest BCUT2D eigenvalue weighted by atomic mass is 10.1. The molecule has 0 bridgehead atoms. The van der Waals surface area contributed by atoms with Crippen molar-refractivity contribution < 1.29 is 23.8 Å². The van der Waals surface area contributed by atoms with Gasteiger partial charge in [0.25, 0.3) is 0 Å². The Bertz CT molecular complexity index is 854. The number of rotatable bonds is 7. The third-order valence-corrected chi connectivity index (χ3v) is 4.27. The molecule has 150 valence electrons. The van der Waals surface area contributed by atoms with Gasteiger partial charge in [-0.25, -0.2) is 0 Å². The first kappa shape index (κ1) is 21.1. The standard InChI is InChI=1S/C21H26N2O5/c1-13-7-8-17(14(2)9-13)23(15(3)24)12-20(25)22-16-10-18(26-4)21(28-6)19(11-16)27-5/h7-11H,12H2,1-6H3,(H,22,25). The van der Waals surface area contributed by atoms with E-state index in [0.29, 0.717) is 28.6 Å². The number of hydrogen-bond donors (Lipinski definition) is 1. The van der Waals surface area contributed by atoms with Crippen molar-refractivity contribution >= 4 is 23.2 Å². The van der Waals surface area contributed by atoms with Crippen molar-refractivity contribution in [2.24, 2.45) is 0 Å². The summed E-state index contributed by atoms with van der Waals surface area (Å²) in [6.07, 6.45) is 0. The van der Waals surface area contributed by atoms with Crippen molar-refractivity contribution in [3.05, 3.63) is 41.5 Å². The quantitative estimate of drug-likeness (QED) is 0.790. The van der Waals surface area contributed by atoms with Crippen molar-refractivity contribution in [3.8, 4) is 17.2 Å². The molecule has 2 amide bonds. The maximum absolute atomic E-state index is 12.6. The molecule has 0 aromatic heterocycles. The first-order chi connectivity index (χ1) is 13.3. The minimum absolute atomic E-state index is 0.115. The second kappa shape index (κ2) is 9.12. The van der Waals surface area contributed by atoms with Gasteiger partial charge in [0.1, 0.15) is 6.54 Å². The Morgan fingerprint density at radius 1 is 0.964 bits per heavy atom. The number of amides is 2. The average molecular weight is 386 g/mol. The third-order valence-electron chi connectivity index (χ3n) is 4.27. The van der Waals surface area contributed by atoms with Gasteiger partial charge in [-0.3, -0.25) is 9.59 Å². The van der Waals surface area contributed by atoms with Crippen LogP contribution in [0.2, 0.25) is 0 Å². The highest BCUT2D eigenvalue weighted by Crippen LogP contribution is 2.39. The van der Waals surface area contributed by atoms with Gasteiger partial charge in [-0.2, -0.15) is 0 Å². The zero-order chi connectivity index (χ0) is 20.8. The number of nitrogens with one attached hydrogen (secondary N) is 1.